The fraction of sp³-hybridized carbons (Fsp3) is 0.238. The van der Waals surface area contributed by atoms with Gasteiger partial charge in [-0.3, -0.25) is 4.79 Å². The first-order valence-corrected chi connectivity index (χ1v) is 8.69. The van der Waals surface area contributed by atoms with Crippen LogP contribution in [-0.2, 0) is 4.84 Å². The molecule has 4 rings (SSSR count). The zero-order valence-corrected chi connectivity index (χ0v) is 15.2. The summed E-state index contributed by atoms with van der Waals surface area (Å²) in [7, 11) is 0. The number of halogens is 2. The van der Waals surface area contributed by atoms with Crippen molar-refractivity contribution < 1.29 is 13.6 Å². The van der Waals surface area contributed by atoms with Crippen molar-refractivity contribution in [2.24, 2.45) is 5.16 Å². The molecule has 0 fully saturated rings. The Bertz CT molecular complexity index is 1150. The number of fused-ring (bicyclic) bond motifs is 1. The lowest BCUT2D eigenvalue weighted by Gasteiger charge is -2.19. The number of hydrogen-bond donors (Lipinski definition) is 0. The van der Waals surface area contributed by atoms with Crippen LogP contribution < -0.4 is 5.43 Å². The third kappa shape index (κ3) is 2.81. The lowest BCUT2D eigenvalue weighted by atomic mass is 9.90. The first-order chi connectivity index (χ1) is 12.9. The molecule has 2 unspecified atom stereocenters. The number of hydrogen-bond acceptors (Lipinski definition) is 3. The number of aromatic nitrogens is 1. The summed E-state index contributed by atoms with van der Waals surface area (Å²) in [6.45, 7) is 5.55. The van der Waals surface area contributed by atoms with Gasteiger partial charge in [-0.25, -0.2) is 8.78 Å². The third-order valence-electron chi connectivity index (χ3n) is 5.01. The Morgan fingerprint density at radius 2 is 1.85 bits per heavy atom. The highest BCUT2D eigenvalue weighted by atomic mass is 19.1. The number of benzene rings is 2. The number of oxime groups is 1. The molecule has 2 aromatic carbocycles. The standard InChI is InChI=1S/C21H18F2N2O2/c1-11-8-20(26)16-6-4-14(21-12(2)24-27-13(21)3)9-19(16)25(11)18-7-5-15(22)10-17(18)23/h4-10,13,21H,1-3H3. The Hall–Kier alpha value is -3.02. The van der Waals surface area contributed by atoms with Crippen LogP contribution in [0.15, 0.2) is 52.4 Å². The summed E-state index contributed by atoms with van der Waals surface area (Å²) in [6.07, 6.45) is -0.130. The van der Waals surface area contributed by atoms with Gasteiger partial charge in [0.2, 0.25) is 0 Å². The van der Waals surface area contributed by atoms with Gasteiger partial charge in [-0.15, -0.1) is 0 Å². The molecule has 3 aromatic rings. The van der Waals surface area contributed by atoms with Crippen LogP contribution in [0.2, 0.25) is 0 Å². The average Bonchev–Trinajstić information content (AvgIpc) is 2.94. The van der Waals surface area contributed by atoms with Gasteiger partial charge < -0.3 is 9.40 Å². The van der Waals surface area contributed by atoms with Crippen molar-refractivity contribution in [3.05, 3.63) is 75.6 Å². The normalized spacial score (nSPS) is 19.2. The summed E-state index contributed by atoms with van der Waals surface area (Å²) >= 11 is 0. The van der Waals surface area contributed by atoms with Crippen LogP contribution in [-0.4, -0.2) is 16.4 Å². The molecule has 2 heterocycles. The highest BCUT2D eigenvalue weighted by molar-refractivity contribution is 5.91. The Balaban J connectivity index is 2.02. The third-order valence-corrected chi connectivity index (χ3v) is 5.01. The zero-order chi connectivity index (χ0) is 19.3. The van der Waals surface area contributed by atoms with E-state index >= 15 is 0 Å². The molecular formula is C21H18F2N2O2. The second-order valence-corrected chi connectivity index (χ2v) is 6.88. The highest BCUT2D eigenvalue weighted by Crippen LogP contribution is 2.31. The molecule has 4 nitrogen and oxygen atoms in total. The molecule has 0 spiro atoms. The minimum absolute atomic E-state index is 0.0449. The van der Waals surface area contributed by atoms with E-state index in [4.69, 9.17) is 4.84 Å². The molecule has 27 heavy (non-hydrogen) atoms. The summed E-state index contributed by atoms with van der Waals surface area (Å²) in [5.74, 6) is -1.39. The lowest BCUT2D eigenvalue weighted by molar-refractivity contribution is 0.0905. The number of pyridine rings is 1. The van der Waals surface area contributed by atoms with Crippen molar-refractivity contribution in [1.82, 2.24) is 4.57 Å². The molecule has 0 N–H and O–H groups in total. The van der Waals surface area contributed by atoms with Gasteiger partial charge in [0.05, 0.1) is 22.8 Å². The summed E-state index contributed by atoms with van der Waals surface area (Å²) in [5, 5.41) is 4.51. The SMILES string of the molecule is CC1=NOC(C)C1c1ccc2c(=O)cc(C)n(-c3ccc(F)cc3F)c2c1. The monoisotopic (exact) mass is 368 g/mol. The molecular weight excluding hydrogens is 350 g/mol. The van der Waals surface area contributed by atoms with Crippen LogP contribution in [0.25, 0.3) is 16.6 Å². The van der Waals surface area contributed by atoms with Crippen LogP contribution in [0.1, 0.15) is 31.0 Å². The van der Waals surface area contributed by atoms with E-state index in [1.165, 1.54) is 18.2 Å². The van der Waals surface area contributed by atoms with Gasteiger partial charge >= 0.3 is 0 Å². The summed E-state index contributed by atoms with van der Waals surface area (Å²) in [5.41, 5.74) is 2.95. The summed E-state index contributed by atoms with van der Waals surface area (Å²) in [4.78, 5) is 17.8. The minimum Gasteiger partial charge on any atom is -0.392 e. The fourth-order valence-corrected chi connectivity index (χ4v) is 3.78. The Morgan fingerprint density at radius 1 is 1.07 bits per heavy atom. The lowest BCUT2D eigenvalue weighted by Crippen LogP contribution is -2.18. The van der Waals surface area contributed by atoms with E-state index in [2.05, 4.69) is 5.16 Å². The van der Waals surface area contributed by atoms with Crippen molar-refractivity contribution in [1.29, 1.82) is 0 Å². The Labute approximate surface area is 154 Å². The van der Waals surface area contributed by atoms with E-state index < -0.39 is 11.6 Å². The largest absolute Gasteiger partial charge is 0.392 e. The second-order valence-electron chi connectivity index (χ2n) is 6.88. The number of nitrogens with zero attached hydrogens (tertiary/aromatic N) is 2. The molecule has 6 heteroatoms. The number of rotatable bonds is 2. The van der Waals surface area contributed by atoms with Crippen molar-refractivity contribution in [3.63, 3.8) is 0 Å². The van der Waals surface area contributed by atoms with Crippen molar-refractivity contribution in [3.8, 4) is 5.69 Å². The average molecular weight is 368 g/mol. The molecule has 2 atom stereocenters. The second kappa shape index (κ2) is 6.30. The van der Waals surface area contributed by atoms with Crippen molar-refractivity contribution in [2.75, 3.05) is 0 Å². The maximum absolute atomic E-state index is 14.5. The summed E-state index contributed by atoms with van der Waals surface area (Å²) < 4.78 is 29.5. The molecule has 0 saturated carbocycles. The Kier molecular flexibility index (Phi) is 4.06. The van der Waals surface area contributed by atoms with Crippen LogP contribution in [0.5, 0.6) is 0 Å². The maximum Gasteiger partial charge on any atom is 0.189 e. The minimum atomic E-state index is -0.691. The van der Waals surface area contributed by atoms with Crippen LogP contribution >= 0.6 is 0 Å². The van der Waals surface area contributed by atoms with E-state index in [0.717, 1.165) is 17.3 Å². The van der Waals surface area contributed by atoms with Crippen molar-refractivity contribution in [2.45, 2.75) is 32.8 Å². The van der Waals surface area contributed by atoms with Gasteiger partial charge in [0.25, 0.3) is 0 Å². The highest BCUT2D eigenvalue weighted by Gasteiger charge is 2.30. The van der Waals surface area contributed by atoms with Gasteiger partial charge in [-0.05, 0) is 50.6 Å². The maximum atomic E-state index is 14.5. The fourth-order valence-electron chi connectivity index (χ4n) is 3.78. The van der Waals surface area contributed by atoms with E-state index in [1.807, 2.05) is 26.0 Å². The quantitative estimate of drug-likeness (QED) is 0.670. The molecule has 0 amide bonds. The van der Waals surface area contributed by atoms with Gasteiger partial charge in [-0.2, -0.15) is 0 Å². The van der Waals surface area contributed by atoms with E-state index in [9.17, 15) is 13.6 Å². The molecule has 0 saturated heterocycles. The molecule has 0 bridgehead atoms. The van der Waals surface area contributed by atoms with E-state index in [-0.39, 0.29) is 23.1 Å². The predicted molar refractivity (Wildman–Crippen MR) is 101 cm³/mol. The van der Waals surface area contributed by atoms with E-state index in [1.54, 1.807) is 17.6 Å². The van der Waals surface area contributed by atoms with Gasteiger partial charge in [-0.1, -0.05) is 11.2 Å². The van der Waals surface area contributed by atoms with Crippen molar-refractivity contribution >= 4 is 16.6 Å². The molecule has 1 aromatic heterocycles. The van der Waals surface area contributed by atoms with Crippen LogP contribution in [0.3, 0.4) is 0 Å². The predicted octanol–water partition coefficient (Wildman–Crippen LogP) is 4.46. The summed E-state index contributed by atoms with van der Waals surface area (Å²) in [6, 6.07) is 10.4. The van der Waals surface area contributed by atoms with E-state index in [0.29, 0.717) is 16.6 Å². The molecule has 0 aliphatic carbocycles. The first-order valence-electron chi connectivity index (χ1n) is 8.69. The zero-order valence-electron chi connectivity index (χ0n) is 15.2. The van der Waals surface area contributed by atoms with Gasteiger partial charge in [0.1, 0.15) is 17.7 Å². The Morgan fingerprint density at radius 3 is 2.52 bits per heavy atom. The molecule has 0 radical (unpaired) electrons. The molecule has 1 aliphatic rings. The number of aryl methyl sites for hydroxylation is 1. The van der Waals surface area contributed by atoms with Crippen LogP contribution in [0, 0.1) is 18.6 Å². The molecule has 138 valence electrons. The topological polar surface area (TPSA) is 43.6 Å². The van der Waals surface area contributed by atoms with Gasteiger partial charge in [0.15, 0.2) is 5.43 Å². The van der Waals surface area contributed by atoms with Crippen LogP contribution in [0.4, 0.5) is 8.78 Å². The first kappa shape index (κ1) is 17.4. The smallest absolute Gasteiger partial charge is 0.189 e. The van der Waals surface area contributed by atoms with Gasteiger partial charge in [0, 0.05) is 23.2 Å². The molecule has 1 aliphatic heterocycles.